The van der Waals surface area contributed by atoms with Crippen LogP contribution in [0.2, 0.25) is 0 Å². The zero-order valence-electron chi connectivity index (χ0n) is 11.5. The molecule has 3 N–H and O–H groups in total. The normalized spacial score (nSPS) is 29.0. The Kier molecular flexibility index (Phi) is 2.64. The monoisotopic (exact) mass is 280 g/mol. The van der Waals surface area contributed by atoms with Crippen molar-refractivity contribution >= 4 is 5.97 Å². The van der Waals surface area contributed by atoms with Crippen LogP contribution in [0.5, 0.6) is 0 Å². The van der Waals surface area contributed by atoms with Gasteiger partial charge in [0.25, 0.3) is 0 Å². The Morgan fingerprint density at radius 2 is 2.24 bits per heavy atom. The maximum atomic E-state index is 11.2. The summed E-state index contributed by atoms with van der Waals surface area (Å²) in [6, 6.07) is 0.225. The first-order valence-corrected chi connectivity index (χ1v) is 7.17. The molecule has 0 aromatic heterocycles. The Morgan fingerprint density at radius 3 is 3.10 bits per heavy atom. The minimum atomic E-state index is -0.735. The number of carboxylic acid groups (broad SMARTS) is 1. The first-order chi connectivity index (χ1) is 10.2. The van der Waals surface area contributed by atoms with Crippen molar-refractivity contribution in [2.75, 3.05) is 6.54 Å². The van der Waals surface area contributed by atoms with Crippen molar-refractivity contribution in [3.63, 3.8) is 0 Å². The maximum Gasteiger partial charge on any atom is 0.308 e. The summed E-state index contributed by atoms with van der Waals surface area (Å²) in [7, 11) is 0. The molecule has 2 heterocycles. The molecule has 4 aliphatic rings. The number of aliphatic carboxylic acids is 1. The molecule has 106 valence electrons. The van der Waals surface area contributed by atoms with E-state index in [1.165, 1.54) is 16.7 Å². The first-order valence-electron chi connectivity index (χ1n) is 7.17. The lowest BCUT2D eigenvalue weighted by Gasteiger charge is -2.29. The van der Waals surface area contributed by atoms with Crippen LogP contribution in [0.4, 0.5) is 0 Å². The lowest BCUT2D eigenvalue weighted by molar-refractivity contribution is -0.141. The van der Waals surface area contributed by atoms with E-state index in [-0.39, 0.29) is 12.0 Å². The van der Waals surface area contributed by atoms with E-state index in [2.05, 4.69) is 34.9 Å². The molecule has 0 aromatic carbocycles. The molecule has 0 radical (unpaired) electrons. The highest BCUT2D eigenvalue weighted by Crippen LogP contribution is 2.36. The van der Waals surface area contributed by atoms with Crippen molar-refractivity contribution in [3.8, 4) is 0 Å². The summed E-state index contributed by atoms with van der Waals surface area (Å²) in [5.74, 6) is -1.09. The molecule has 2 unspecified atom stereocenters. The third kappa shape index (κ3) is 1.95. The fourth-order valence-electron chi connectivity index (χ4n) is 3.26. The minimum absolute atomic E-state index is 0.225. The van der Waals surface area contributed by atoms with E-state index in [1.807, 2.05) is 18.4 Å². The summed E-state index contributed by atoms with van der Waals surface area (Å²) >= 11 is 0. The van der Waals surface area contributed by atoms with E-state index in [1.54, 1.807) is 0 Å². The van der Waals surface area contributed by atoms with Crippen LogP contribution < -0.4 is 10.6 Å². The number of hydrogen-bond donors (Lipinski definition) is 3. The predicted octanol–water partition coefficient (Wildman–Crippen LogP) is 1.78. The molecule has 4 nitrogen and oxygen atoms in total. The van der Waals surface area contributed by atoms with Gasteiger partial charge in [-0.05, 0) is 47.6 Å². The van der Waals surface area contributed by atoms with E-state index >= 15 is 0 Å². The van der Waals surface area contributed by atoms with Crippen LogP contribution in [0.3, 0.4) is 0 Å². The molecule has 0 saturated heterocycles. The largest absolute Gasteiger partial charge is 0.481 e. The zero-order valence-corrected chi connectivity index (χ0v) is 11.5. The van der Waals surface area contributed by atoms with Crippen molar-refractivity contribution in [1.82, 2.24) is 10.6 Å². The second kappa shape index (κ2) is 4.52. The summed E-state index contributed by atoms with van der Waals surface area (Å²) in [6.45, 7) is 0.486. The Balaban J connectivity index is 1.75. The lowest BCUT2D eigenvalue weighted by atomic mass is 9.86. The van der Waals surface area contributed by atoms with Gasteiger partial charge in [-0.2, -0.15) is 0 Å². The number of allylic oxidation sites excluding steroid dienone is 6. The first kappa shape index (κ1) is 12.3. The van der Waals surface area contributed by atoms with Gasteiger partial charge in [0.2, 0.25) is 0 Å². The maximum absolute atomic E-state index is 11.2. The van der Waals surface area contributed by atoms with E-state index in [9.17, 15) is 9.90 Å². The number of fused-ring (bicyclic) bond motifs is 3. The molecule has 0 aromatic rings. The smallest absolute Gasteiger partial charge is 0.308 e. The van der Waals surface area contributed by atoms with Crippen LogP contribution in [0.1, 0.15) is 6.42 Å². The molecule has 0 bridgehead atoms. The number of rotatable bonds is 1. The Hall–Kier alpha value is -2.49. The van der Waals surface area contributed by atoms with Crippen molar-refractivity contribution in [2.24, 2.45) is 5.92 Å². The van der Waals surface area contributed by atoms with Crippen molar-refractivity contribution in [2.45, 2.75) is 12.5 Å². The molecular weight excluding hydrogens is 264 g/mol. The third-order valence-electron chi connectivity index (χ3n) is 4.38. The summed E-state index contributed by atoms with van der Waals surface area (Å²) in [4.78, 5) is 11.2. The van der Waals surface area contributed by atoms with Crippen LogP contribution in [0, 0.1) is 5.92 Å². The SMILES string of the molecule is O=C(O)C1CNC2=C(C=CC=C3C=C4C=CNC4C=C32)C1. The molecule has 0 spiro atoms. The van der Waals surface area contributed by atoms with Crippen LogP contribution >= 0.6 is 0 Å². The molecule has 0 amide bonds. The van der Waals surface area contributed by atoms with Gasteiger partial charge in [0, 0.05) is 17.8 Å². The fraction of sp³-hybridized carbons (Fsp3) is 0.235. The fourth-order valence-corrected chi connectivity index (χ4v) is 3.26. The highest BCUT2D eigenvalue weighted by molar-refractivity contribution is 5.72. The van der Waals surface area contributed by atoms with E-state index < -0.39 is 5.97 Å². The second-order valence-corrected chi connectivity index (χ2v) is 5.70. The summed E-state index contributed by atoms with van der Waals surface area (Å²) in [6.07, 6.45) is 15.2. The van der Waals surface area contributed by atoms with Gasteiger partial charge >= 0.3 is 5.97 Å². The van der Waals surface area contributed by atoms with Gasteiger partial charge in [-0.3, -0.25) is 4.79 Å². The van der Waals surface area contributed by atoms with Crippen LogP contribution in [0.15, 0.2) is 70.6 Å². The summed E-state index contributed by atoms with van der Waals surface area (Å²) < 4.78 is 0. The Bertz CT molecular complexity index is 704. The molecule has 2 atom stereocenters. The van der Waals surface area contributed by atoms with Gasteiger partial charge in [-0.25, -0.2) is 0 Å². The number of carbonyl (C=O) groups is 1. The van der Waals surface area contributed by atoms with E-state index in [0.29, 0.717) is 13.0 Å². The van der Waals surface area contributed by atoms with Crippen molar-refractivity contribution in [3.05, 3.63) is 70.6 Å². The molecule has 2 aliphatic carbocycles. The lowest BCUT2D eigenvalue weighted by Crippen LogP contribution is -2.35. The zero-order chi connectivity index (χ0) is 14.4. The van der Waals surface area contributed by atoms with Gasteiger partial charge in [-0.15, -0.1) is 0 Å². The molecule has 4 heteroatoms. The quantitative estimate of drug-likeness (QED) is 0.685. The topological polar surface area (TPSA) is 61.4 Å². The number of carboxylic acids is 1. The molecule has 21 heavy (non-hydrogen) atoms. The summed E-state index contributed by atoms with van der Waals surface area (Å²) in [5.41, 5.74) is 5.77. The molecular formula is C17H16N2O2. The molecule has 0 saturated carbocycles. The van der Waals surface area contributed by atoms with Crippen LogP contribution in [0.25, 0.3) is 0 Å². The second-order valence-electron chi connectivity index (χ2n) is 5.70. The van der Waals surface area contributed by atoms with Crippen LogP contribution in [-0.4, -0.2) is 23.7 Å². The van der Waals surface area contributed by atoms with E-state index in [4.69, 9.17) is 0 Å². The number of nitrogens with one attached hydrogen (secondary N) is 2. The standard InChI is InChI=1S/C17H16N2O2/c20-17(21)13-7-12-3-1-2-10-6-11-4-5-18-15(11)8-14(10)16(12)19-9-13/h1-6,8,13,15,18-19H,7,9H2,(H,20,21). The molecule has 0 fully saturated rings. The number of hydrogen-bond acceptors (Lipinski definition) is 3. The van der Waals surface area contributed by atoms with Crippen LogP contribution in [-0.2, 0) is 4.79 Å². The van der Waals surface area contributed by atoms with Gasteiger partial charge < -0.3 is 15.7 Å². The minimum Gasteiger partial charge on any atom is -0.481 e. The van der Waals surface area contributed by atoms with Gasteiger partial charge in [0.1, 0.15) is 0 Å². The summed E-state index contributed by atoms with van der Waals surface area (Å²) in [5, 5.41) is 15.9. The van der Waals surface area contributed by atoms with Gasteiger partial charge in [0.15, 0.2) is 0 Å². The average Bonchev–Trinajstić information content (AvgIpc) is 2.85. The Morgan fingerprint density at radius 1 is 1.33 bits per heavy atom. The predicted molar refractivity (Wildman–Crippen MR) is 80.2 cm³/mol. The Labute approximate surface area is 122 Å². The van der Waals surface area contributed by atoms with E-state index in [0.717, 1.165) is 11.3 Å². The average molecular weight is 280 g/mol. The molecule has 2 aliphatic heterocycles. The van der Waals surface area contributed by atoms with Crippen molar-refractivity contribution < 1.29 is 9.90 Å². The third-order valence-corrected chi connectivity index (χ3v) is 4.38. The molecule has 4 rings (SSSR count). The highest BCUT2D eigenvalue weighted by atomic mass is 16.4. The van der Waals surface area contributed by atoms with Crippen molar-refractivity contribution in [1.29, 1.82) is 0 Å². The highest BCUT2D eigenvalue weighted by Gasteiger charge is 2.30. The van der Waals surface area contributed by atoms with Gasteiger partial charge in [0.05, 0.1) is 12.0 Å². The van der Waals surface area contributed by atoms with Gasteiger partial charge in [-0.1, -0.05) is 18.2 Å².